The van der Waals surface area contributed by atoms with Crippen LogP contribution in [0.25, 0.3) is 0 Å². The van der Waals surface area contributed by atoms with Gasteiger partial charge in [-0.3, -0.25) is 4.79 Å². The maximum absolute atomic E-state index is 12.6. The number of hydrogen-bond donors (Lipinski definition) is 0. The summed E-state index contributed by atoms with van der Waals surface area (Å²) >= 11 is 0. The van der Waals surface area contributed by atoms with E-state index in [0.29, 0.717) is 13.1 Å². The predicted molar refractivity (Wildman–Crippen MR) is 117 cm³/mol. The Morgan fingerprint density at radius 1 is 1.10 bits per heavy atom. The zero-order valence-corrected chi connectivity index (χ0v) is 19.3. The fourth-order valence-electron chi connectivity index (χ4n) is 4.17. The van der Waals surface area contributed by atoms with Crippen molar-refractivity contribution in [2.75, 3.05) is 20.2 Å². The first-order chi connectivity index (χ1) is 14.6. The summed E-state index contributed by atoms with van der Waals surface area (Å²) < 4.78 is 22.6. The molecule has 2 heterocycles. The highest BCUT2D eigenvalue weighted by molar-refractivity contribution is 6.45. The van der Waals surface area contributed by atoms with Crippen LogP contribution in [0.15, 0.2) is 30.3 Å². The van der Waals surface area contributed by atoms with Gasteiger partial charge in [0.1, 0.15) is 6.61 Å². The van der Waals surface area contributed by atoms with Crippen LogP contribution in [-0.4, -0.2) is 55.5 Å². The molecule has 170 valence electrons. The molecule has 0 bridgehead atoms. The summed E-state index contributed by atoms with van der Waals surface area (Å²) in [5.41, 5.74) is 0.233. The summed E-state index contributed by atoms with van der Waals surface area (Å²) in [5, 5.41) is 0. The second-order valence-electron chi connectivity index (χ2n) is 9.45. The number of amides is 1. The van der Waals surface area contributed by atoms with Crippen molar-refractivity contribution >= 4 is 19.2 Å². The van der Waals surface area contributed by atoms with Gasteiger partial charge in [0, 0.05) is 13.1 Å². The first kappa shape index (κ1) is 23.6. The summed E-state index contributed by atoms with van der Waals surface area (Å²) in [7, 11) is 1.13. The fourth-order valence-corrected chi connectivity index (χ4v) is 4.17. The highest BCUT2D eigenvalue weighted by Crippen LogP contribution is 2.38. The molecule has 7 nitrogen and oxygen atoms in total. The highest BCUT2D eigenvalue weighted by Gasteiger charge is 2.50. The van der Waals surface area contributed by atoms with Crippen LogP contribution < -0.4 is 0 Å². The average Bonchev–Trinajstić information content (AvgIpc) is 3.24. The molecule has 0 saturated carbocycles. The lowest BCUT2D eigenvalue weighted by Gasteiger charge is -2.32. The Balaban J connectivity index is 1.51. The van der Waals surface area contributed by atoms with Crippen LogP contribution in [0.2, 0.25) is 6.32 Å². The van der Waals surface area contributed by atoms with Gasteiger partial charge in [-0.2, -0.15) is 0 Å². The monoisotopic (exact) mass is 431 g/mol. The molecule has 0 aromatic heterocycles. The topological polar surface area (TPSA) is 74.3 Å². The van der Waals surface area contributed by atoms with Crippen LogP contribution in [0.4, 0.5) is 4.79 Å². The number of nitrogens with zero attached hydrogens (tertiary/aromatic N) is 1. The van der Waals surface area contributed by atoms with Gasteiger partial charge in [0.15, 0.2) is 0 Å². The number of carbonyl (C=O) groups excluding carboxylic acids is 2. The fraction of sp³-hybridized carbons (Fsp3) is 0.652. The summed E-state index contributed by atoms with van der Waals surface area (Å²) in [6.45, 7) is 9.17. The van der Waals surface area contributed by atoms with Crippen LogP contribution in [-0.2, 0) is 30.2 Å². The Kier molecular flexibility index (Phi) is 7.32. The molecular weight excluding hydrogens is 397 g/mol. The Morgan fingerprint density at radius 2 is 1.74 bits per heavy atom. The van der Waals surface area contributed by atoms with Gasteiger partial charge >= 0.3 is 19.2 Å². The number of methoxy groups -OCH3 is 1. The number of likely N-dealkylation sites (tertiary alicyclic amines) is 1. The molecule has 0 spiro atoms. The largest absolute Gasteiger partial charge is 0.469 e. The predicted octanol–water partition coefficient (Wildman–Crippen LogP) is 3.92. The van der Waals surface area contributed by atoms with Crippen molar-refractivity contribution in [3.05, 3.63) is 35.9 Å². The molecule has 0 N–H and O–H groups in total. The van der Waals surface area contributed by atoms with Gasteiger partial charge in [-0.05, 0) is 51.9 Å². The van der Waals surface area contributed by atoms with E-state index in [0.717, 1.165) is 24.7 Å². The summed E-state index contributed by atoms with van der Waals surface area (Å²) in [6, 6.07) is 9.55. The van der Waals surface area contributed by atoms with Crippen molar-refractivity contribution in [2.45, 2.75) is 64.7 Å². The molecule has 1 amide bonds. The molecule has 2 unspecified atom stereocenters. The van der Waals surface area contributed by atoms with Crippen molar-refractivity contribution in [1.82, 2.24) is 4.90 Å². The molecule has 1 aromatic rings. The van der Waals surface area contributed by atoms with Crippen molar-refractivity contribution in [2.24, 2.45) is 11.8 Å². The molecule has 2 fully saturated rings. The lowest BCUT2D eigenvalue weighted by Crippen LogP contribution is -2.41. The number of esters is 1. The molecule has 3 rings (SSSR count). The van der Waals surface area contributed by atoms with E-state index in [1.54, 1.807) is 4.90 Å². The van der Waals surface area contributed by atoms with E-state index in [1.165, 1.54) is 7.11 Å². The molecule has 31 heavy (non-hydrogen) atoms. The minimum Gasteiger partial charge on any atom is -0.469 e. The van der Waals surface area contributed by atoms with Gasteiger partial charge in [-0.25, -0.2) is 4.79 Å². The van der Waals surface area contributed by atoms with Gasteiger partial charge in [-0.15, -0.1) is 0 Å². The molecule has 0 aliphatic carbocycles. The molecule has 8 heteroatoms. The maximum atomic E-state index is 12.6. The van der Waals surface area contributed by atoms with Gasteiger partial charge in [0.05, 0.1) is 24.2 Å². The van der Waals surface area contributed by atoms with Gasteiger partial charge < -0.3 is 23.7 Å². The zero-order chi connectivity index (χ0) is 22.6. The van der Waals surface area contributed by atoms with Crippen LogP contribution in [0.3, 0.4) is 0 Å². The molecule has 2 aliphatic rings. The first-order valence-corrected chi connectivity index (χ1v) is 11.0. The zero-order valence-electron chi connectivity index (χ0n) is 19.3. The minimum absolute atomic E-state index is 0.0270. The molecule has 1 aromatic carbocycles. The van der Waals surface area contributed by atoms with Crippen LogP contribution >= 0.6 is 0 Å². The van der Waals surface area contributed by atoms with Crippen molar-refractivity contribution in [3.63, 3.8) is 0 Å². The van der Waals surface area contributed by atoms with E-state index in [1.807, 2.05) is 58.0 Å². The van der Waals surface area contributed by atoms with E-state index in [9.17, 15) is 9.59 Å². The Labute approximate surface area is 185 Å². The number of ether oxygens (including phenoxy) is 2. The van der Waals surface area contributed by atoms with Gasteiger partial charge in [-0.1, -0.05) is 36.8 Å². The van der Waals surface area contributed by atoms with E-state index in [4.69, 9.17) is 18.8 Å². The number of hydrogen-bond acceptors (Lipinski definition) is 6. The number of benzene rings is 1. The minimum atomic E-state index is -0.397. The quantitative estimate of drug-likeness (QED) is 0.481. The van der Waals surface area contributed by atoms with Crippen LogP contribution in [0.1, 0.15) is 46.1 Å². The second kappa shape index (κ2) is 9.61. The van der Waals surface area contributed by atoms with E-state index < -0.39 is 6.09 Å². The summed E-state index contributed by atoms with van der Waals surface area (Å²) in [6.07, 6.45) is 1.97. The van der Waals surface area contributed by atoms with Crippen molar-refractivity contribution < 1.29 is 28.4 Å². The van der Waals surface area contributed by atoms with Crippen LogP contribution in [0.5, 0.6) is 0 Å². The third-order valence-electron chi connectivity index (χ3n) is 6.73. The van der Waals surface area contributed by atoms with E-state index >= 15 is 0 Å². The van der Waals surface area contributed by atoms with Crippen molar-refractivity contribution in [1.29, 1.82) is 0 Å². The molecule has 0 radical (unpaired) electrons. The third-order valence-corrected chi connectivity index (χ3v) is 6.73. The lowest BCUT2D eigenvalue weighted by atomic mass is 9.79. The normalized spacial score (nSPS) is 24.3. The third kappa shape index (κ3) is 5.60. The van der Waals surface area contributed by atoms with Gasteiger partial charge in [0.2, 0.25) is 0 Å². The first-order valence-electron chi connectivity index (χ1n) is 11.0. The molecular formula is C23H34BNO6. The average molecular weight is 431 g/mol. The van der Waals surface area contributed by atoms with Gasteiger partial charge in [0.25, 0.3) is 0 Å². The molecule has 2 atom stereocenters. The smallest absolute Gasteiger partial charge is 0.457 e. The Hall–Kier alpha value is -2.06. The summed E-state index contributed by atoms with van der Waals surface area (Å²) in [4.78, 5) is 26.5. The number of carbonyl (C=O) groups is 2. The SMILES string of the molecule is COC(=O)C1CN(C(=O)OCc2ccccc2)CC1CCCB1OC(C)(C)C(C)(C)O1. The van der Waals surface area contributed by atoms with E-state index in [-0.39, 0.29) is 42.7 Å². The number of rotatable bonds is 7. The molecule has 2 saturated heterocycles. The second-order valence-corrected chi connectivity index (χ2v) is 9.45. The van der Waals surface area contributed by atoms with Crippen LogP contribution in [0, 0.1) is 11.8 Å². The maximum Gasteiger partial charge on any atom is 0.457 e. The Bertz CT molecular complexity index is 753. The Morgan fingerprint density at radius 3 is 2.35 bits per heavy atom. The van der Waals surface area contributed by atoms with Crippen molar-refractivity contribution in [3.8, 4) is 0 Å². The van der Waals surface area contributed by atoms with E-state index in [2.05, 4.69) is 0 Å². The molecule has 2 aliphatic heterocycles. The standard InChI is InChI=1S/C23H34BNO6/c1-22(2)23(3,4)31-24(30-22)13-9-12-18-14-25(15-19(18)20(26)28-5)21(27)29-16-17-10-7-6-8-11-17/h6-8,10-11,18-19H,9,12-16H2,1-5H3. The lowest BCUT2D eigenvalue weighted by molar-refractivity contribution is -0.146. The highest BCUT2D eigenvalue weighted by atomic mass is 16.7. The summed E-state index contributed by atoms with van der Waals surface area (Å²) in [5.74, 6) is -0.592.